The molecule has 4 heteroatoms. The predicted molar refractivity (Wildman–Crippen MR) is 55.6 cm³/mol. The number of amidine groups is 1. The van der Waals surface area contributed by atoms with Gasteiger partial charge >= 0.3 is 0 Å². The number of hydrogen-bond donors (Lipinski definition) is 1. The first-order valence-electron chi connectivity index (χ1n) is 3.94. The molecule has 0 radical (unpaired) electrons. The highest BCUT2D eigenvalue weighted by Crippen LogP contribution is 2.21. The van der Waals surface area contributed by atoms with Crippen molar-refractivity contribution in [1.82, 2.24) is 10.2 Å². The van der Waals surface area contributed by atoms with E-state index >= 15 is 0 Å². The first-order valence-corrected chi connectivity index (χ1v) is 4.76. The van der Waals surface area contributed by atoms with Gasteiger partial charge in [-0.1, -0.05) is 17.8 Å². The molecule has 0 amide bonds. The average molecular weight is 185 g/mol. The minimum Gasteiger partial charge on any atom is -0.360 e. The third kappa shape index (κ3) is 2.87. The van der Waals surface area contributed by atoms with Gasteiger partial charge in [0.1, 0.15) is 0 Å². The number of aliphatic imine (C=N–C) groups is 1. The molecule has 0 spiro atoms. The summed E-state index contributed by atoms with van der Waals surface area (Å²) in [6.45, 7) is 1.94. The predicted octanol–water partition coefficient (Wildman–Crippen LogP) is 0.754. The Morgan fingerprint density at radius 2 is 2.42 bits per heavy atom. The van der Waals surface area contributed by atoms with Crippen molar-refractivity contribution in [2.24, 2.45) is 4.99 Å². The molecule has 0 aromatic rings. The average Bonchev–Trinajstić information content (AvgIpc) is 2.48. The topological polar surface area (TPSA) is 27.6 Å². The van der Waals surface area contributed by atoms with E-state index in [4.69, 9.17) is 0 Å². The second kappa shape index (κ2) is 4.52. The smallest absolute Gasteiger partial charge is 0.161 e. The van der Waals surface area contributed by atoms with E-state index in [1.807, 2.05) is 7.05 Å². The van der Waals surface area contributed by atoms with Crippen LogP contribution in [-0.2, 0) is 0 Å². The summed E-state index contributed by atoms with van der Waals surface area (Å²) in [4.78, 5) is 7.59. The molecule has 0 atom stereocenters. The van der Waals surface area contributed by atoms with Crippen LogP contribution < -0.4 is 5.32 Å². The summed E-state index contributed by atoms with van der Waals surface area (Å²) < 4.78 is 0. The molecule has 68 valence electrons. The number of thioether (sulfide) groups is 1. The van der Waals surface area contributed by atoms with E-state index < -0.39 is 0 Å². The summed E-state index contributed by atoms with van der Waals surface area (Å²) >= 11 is 1.73. The van der Waals surface area contributed by atoms with Crippen LogP contribution in [0, 0.1) is 0 Å². The van der Waals surface area contributed by atoms with Crippen molar-refractivity contribution in [3.63, 3.8) is 0 Å². The van der Waals surface area contributed by atoms with Gasteiger partial charge in [-0.25, -0.2) is 0 Å². The fourth-order valence-corrected chi connectivity index (χ4v) is 1.67. The normalized spacial score (nSPS) is 24.0. The highest BCUT2D eigenvalue weighted by Gasteiger charge is 2.12. The lowest BCUT2D eigenvalue weighted by Gasteiger charge is -2.04. The largest absolute Gasteiger partial charge is 0.360 e. The maximum Gasteiger partial charge on any atom is 0.161 e. The van der Waals surface area contributed by atoms with E-state index in [0.29, 0.717) is 0 Å². The number of likely N-dealkylation sites (N-methyl/N-ethyl adjacent to an activating group) is 1. The van der Waals surface area contributed by atoms with Crippen LogP contribution in [0.4, 0.5) is 0 Å². The SMILES string of the molecule is CN=C1NC/C(=C\CN(C)C)S1. The number of rotatable bonds is 2. The summed E-state index contributed by atoms with van der Waals surface area (Å²) in [6.07, 6.45) is 2.23. The Labute approximate surface area is 77.9 Å². The van der Waals surface area contributed by atoms with Crippen LogP contribution in [0.25, 0.3) is 0 Å². The molecule has 0 aliphatic carbocycles. The van der Waals surface area contributed by atoms with Gasteiger partial charge in [0.15, 0.2) is 5.17 Å². The molecule has 1 aliphatic heterocycles. The van der Waals surface area contributed by atoms with Gasteiger partial charge in [-0.05, 0) is 14.1 Å². The molecule has 12 heavy (non-hydrogen) atoms. The highest BCUT2D eigenvalue weighted by atomic mass is 32.2. The number of nitrogens with zero attached hydrogens (tertiary/aromatic N) is 2. The lowest BCUT2D eigenvalue weighted by atomic mass is 10.4. The van der Waals surface area contributed by atoms with Crippen molar-refractivity contribution >= 4 is 16.9 Å². The minimum atomic E-state index is 0.936. The molecule has 1 N–H and O–H groups in total. The van der Waals surface area contributed by atoms with Gasteiger partial charge in [0.05, 0.1) is 0 Å². The van der Waals surface area contributed by atoms with Crippen molar-refractivity contribution in [2.45, 2.75) is 0 Å². The molecule has 0 aromatic heterocycles. The maximum absolute atomic E-state index is 4.08. The first kappa shape index (κ1) is 9.61. The number of nitrogens with one attached hydrogen (secondary N) is 1. The van der Waals surface area contributed by atoms with E-state index in [9.17, 15) is 0 Å². The highest BCUT2D eigenvalue weighted by molar-refractivity contribution is 8.17. The lowest BCUT2D eigenvalue weighted by Crippen LogP contribution is -2.13. The minimum absolute atomic E-state index is 0.936. The Morgan fingerprint density at radius 3 is 2.92 bits per heavy atom. The third-order valence-electron chi connectivity index (χ3n) is 1.53. The molecular formula is C8H15N3S. The fraction of sp³-hybridized carbons (Fsp3) is 0.625. The van der Waals surface area contributed by atoms with Crippen LogP contribution in [0.5, 0.6) is 0 Å². The summed E-state index contributed by atoms with van der Waals surface area (Å²) in [7, 11) is 5.95. The van der Waals surface area contributed by atoms with Gasteiger partial charge in [0.25, 0.3) is 0 Å². The van der Waals surface area contributed by atoms with Gasteiger partial charge in [-0.2, -0.15) is 0 Å². The molecular weight excluding hydrogens is 170 g/mol. The summed E-state index contributed by atoms with van der Waals surface area (Å²) in [5.74, 6) is 0. The Morgan fingerprint density at radius 1 is 1.67 bits per heavy atom. The molecule has 0 unspecified atom stereocenters. The van der Waals surface area contributed by atoms with Crippen molar-refractivity contribution in [2.75, 3.05) is 34.2 Å². The molecule has 1 saturated heterocycles. The molecule has 3 nitrogen and oxygen atoms in total. The molecule has 1 fully saturated rings. The van der Waals surface area contributed by atoms with E-state index in [1.54, 1.807) is 11.8 Å². The first-order chi connectivity index (χ1) is 5.72. The molecule has 0 bridgehead atoms. The van der Waals surface area contributed by atoms with Crippen molar-refractivity contribution < 1.29 is 0 Å². The standard InChI is InChI=1S/C8H15N3S/c1-9-8-10-6-7(12-8)4-5-11(2)3/h4H,5-6H2,1-3H3,(H,9,10)/b7-4+. The summed E-state index contributed by atoms with van der Waals surface area (Å²) in [5.41, 5.74) is 0. The zero-order valence-corrected chi connectivity index (χ0v) is 8.61. The molecule has 0 aromatic carbocycles. The molecule has 1 aliphatic rings. The van der Waals surface area contributed by atoms with Crippen molar-refractivity contribution in [3.05, 3.63) is 11.0 Å². The molecule has 1 rings (SSSR count). The van der Waals surface area contributed by atoms with Crippen LogP contribution in [0.1, 0.15) is 0 Å². The molecule has 0 saturated carbocycles. The second-order valence-corrected chi connectivity index (χ2v) is 4.03. The zero-order chi connectivity index (χ0) is 8.97. The van der Waals surface area contributed by atoms with Crippen LogP contribution in [0.15, 0.2) is 16.0 Å². The van der Waals surface area contributed by atoms with E-state index in [1.165, 1.54) is 4.91 Å². The zero-order valence-electron chi connectivity index (χ0n) is 7.79. The van der Waals surface area contributed by atoms with Gasteiger partial charge in [-0.15, -0.1) is 0 Å². The van der Waals surface area contributed by atoms with E-state index in [0.717, 1.165) is 18.3 Å². The Balaban J connectivity index is 2.41. The quantitative estimate of drug-likeness (QED) is 0.688. The van der Waals surface area contributed by atoms with Crippen LogP contribution in [-0.4, -0.2) is 44.3 Å². The van der Waals surface area contributed by atoms with Crippen molar-refractivity contribution in [3.8, 4) is 0 Å². The van der Waals surface area contributed by atoms with Gasteiger partial charge in [0, 0.05) is 25.0 Å². The molecule has 1 heterocycles. The summed E-state index contributed by atoms with van der Waals surface area (Å²) in [6, 6.07) is 0. The van der Waals surface area contributed by atoms with Gasteiger partial charge < -0.3 is 10.2 Å². The Hall–Kier alpha value is -0.480. The van der Waals surface area contributed by atoms with Gasteiger partial charge in [0.2, 0.25) is 0 Å². The Bertz CT molecular complexity index is 208. The number of hydrogen-bond acceptors (Lipinski definition) is 3. The van der Waals surface area contributed by atoms with Crippen LogP contribution in [0.2, 0.25) is 0 Å². The summed E-state index contributed by atoms with van der Waals surface area (Å²) in [5, 5.41) is 4.23. The van der Waals surface area contributed by atoms with E-state index in [-0.39, 0.29) is 0 Å². The van der Waals surface area contributed by atoms with Gasteiger partial charge in [-0.3, -0.25) is 4.99 Å². The third-order valence-corrected chi connectivity index (χ3v) is 2.62. The van der Waals surface area contributed by atoms with Crippen LogP contribution in [0.3, 0.4) is 0 Å². The fourth-order valence-electron chi connectivity index (χ4n) is 0.882. The van der Waals surface area contributed by atoms with E-state index in [2.05, 4.69) is 35.4 Å². The monoisotopic (exact) mass is 185 g/mol. The lowest BCUT2D eigenvalue weighted by molar-refractivity contribution is 0.456. The second-order valence-electron chi connectivity index (χ2n) is 2.92. The van der Waals surface area contributed by atoms with Crippen LogP contribution >= 0.6 is 11.8 Å². The van der Waals surface area contributed by atoms with Crippen molar-refractivity contribution in [1.29, 1.82) is 0 Å². The Kier molecular flexibility index (Phi) is 3.62. The maximum atomic E-state index is 4.08.